The number of thiophene rings is 1. The first-order chi connectivity index (χ1) is 14.7. The Morgan fingerprint density at radius 2 is 1.90 bits per heavy atom. The summed E-state index contributed by atoms with van der Waals surface area (Å²) >= 11 is 1.76. The number of nitrogens with zero attached hydrogens (tertiary/aromatic N) is 2. The van der Waals surface area contributed by atoms with Crippen LogP contribution in [0, 0.1) is 0 Å². The Hall–Kier alpha value is -3.77. The van der Waals surface area contributed by atoms with Gasteiger partial charge in [-0.25, -0.2) is 4.98 Å². The minimum atomic E-state index is -0.261. The third-order valence-electron chi connectivity index (χ3n) is 5.32. The molecule has 0 atom stereocenters. The normalized spacial score (nSPS) is 12.5. The molecule has 6 rings (SSSR count). The molecule has 3 aromatic carbocycles. The first kappa shape index (κ1) is 17.1. The maximum Gasteiger partial charge on any atom is 0.291 e. The van der Waals surface area contributed by atoms with E-state index in [2.05, 4.69) is 50.6 Å². The molecule has 0 saturated heterocycles. The van der Waals surface area contributed by atoms with Crippen LogP contribution in [0.4, 0.5) is 5.69 Å². The minimum Gasteiger partial charge on any atom is -0.334 e. The molecule has 6 heteroatoms. The Bertz CT molecular complexity index is 1410. The molecule has 0 bridgehead atoms. The molecule has 5 aromatic rings. The summed E-state index contributed by atoms with van der Waals surface area (Å²) in [4.78, 5) is 25.9. The number of imidazole rings is 1. The second kappa shape index (κ2) is 6.64. The summed E-state index contributed by atoms with van der Waals surface area (Å²) in [6.07, 6.45) is 1.88. The zero-order chi connectivity index (χ0) is 20.1. The first-order valence-electron chi connectivity index (χ1n) is 9.66. The molecule has 2 aromatic heterocycles. The molecule has 1 aliphatic heterocycles. The summed E-state index contributed by atoms with van der Waals surface area (Å²) in [5, 5.41) is 4.23. The molecule has 1 amide bonds. The highest BCUT2D eigenvalue weighted by Crippen LogP contribution is 2.39. The van der Waals surface area contributed by atoms with Gasteiger partial charge in [0.15, 0.2) is 5.82 Å². The fourth-order valence-electron chi connectivity index (χ4n) is 3.88. The molecule has 1 aliphatic rings. The van der Waals surface area contributed by atoms with Crippen molar-refractivity contribution in [2.24, 2.45) is 4.99 Å². The lowest BCUT2D eigenvalue weighted by Crippen LogP contribution is -2.14. The van der Waals surface area contributed by atoms with Gasteiger partial charge in [-0.05, 0) is 52.9 Å². The Kier molecular flexibility index (Phi) is 3.79. The van der Waals surface area contributed by atoms with E-state index >= 15 is 0 Å². The molecule has 2 N–H and O–H groups in total. The van der Waals surface area contributed by atoms with E-state index in [1.54, 1.807) is 11.3 Å². The summed E-state index contributed by atoms with van der Waals surface area (Å²) in [5.74, 6) is 0.0390. The number of hydrogen-bond acceptors (Lipinski definition) is 4. The van der Waals surface area contributed by atoms with Gasteiger partial charge in [0.1, 0.15) is 0 Å². The van der Waals surface area contributed by atoms with Crippen LogP contribution in [0.5, 0.6) is 0 Å². The SMILES string of the molecule is O=C(Nc1cc2c(c(-c3cc4ccccc4s3)c1)CN=C2)c1nc2ccccc2[nH]1. The minimum absolute atomic E-state index is 0.261. The predicted octanol–water partition coefficient (Wildman–Crippen LogP) is 5.63. The van der Waals surface area contributed by atoms with Gasteiger partial charge in [-0.2, -0.15) is 0 Å². The molecule has 3 heterocycles. The van der Waals surface area contributed by atoms with Crippen LogP contribution in [0.1, 0.15) is 21.7 Å². The highest BCUT2D eigenvalue weighted by molar-refractivity contribution is 7.22. The van der Waals surface area contributed by atoms with Gasteiger partial charge in [-0.15, -0.1) is 11.3 Å². The quantitative estimate of drug-likeness (QED) is 0.406. The van der Waals surface area contributed by atoms with E-state index in [1.807, 2.05) is 42.6 Å². The number of aliphatic imine (C=N–C) groups is 1. The Labute approximate surface area is 176 Å². The number of hydrogen-bond donors (Lipinski definition) is 2. The van der Waals surface area contributed by atoms with Gasteiger partial charge in [0.2, 0.25) is 0 Å². The smallest absolute Gasteiger partial charge is 0.291 e. The Morgan fingerprint density at radius 1 is 1.03 bits per heavy atom. The summed E-state index contributed by atoms with van der Waals surface area (Å²) in [6.45, 7) is 0.663. The average molecular weight is 408 g/mol. The van der Waals surface area contributed by atoms with Crippen molar-refractivity contribution >= 4 is 50.3 Å². The number of para-hydroxylation sites is 2. The molecule has 0 unspecified atom stereocenters. The standard InChI is InChI=1S/C24H16N4OS/c29-24(23-27-19-6-2-3-7-20(19)28-23)26-16-9-15-12-25-13-18(15)17(11-16)22-10-14-5-1-4-8-21(14)30-22/h1-12H,13H2,(H,26,29)(H,27,28). The number of nitrogens with one attached hydrogen (secondary N) is 2. The number of fused-ring (bicyclic) bond motifs is 3. The molecule has 0 radical (unpaired) electrons. The van der Waals surface area contributed by atoms with Crippen LogP contribution < -0.4 is 5.32 Å². The highest BCUT2D eigenvalue weighted by Gasteiger charge is 2.18. The second-order valence-corrected chi connectivity index (χ2v) is 8.35. The molecular formula is C24H16N4OS. The van der Waals surface area contributed by atoms with Crippen molar-refractivity contribution in [2.75, 3.05) is 5.32 Å². The summed E-state index contributed by atoms with van der Waals surface area (Å²) in [5.41, 5.74) is 5.71. The van der Waals surface area contributed by atoms with Crippen molar-refractivity contribution < 1.29 is 4.79 Å². The van der Waals surface area contributed by atoms with Gasteiger partial charge in [0, 0.05) is 27.0 Å². The molecule has 0 aliphatic carbocycles. The van der Waals surface area contributed by atoms with Crippen molar-refractivity contribution in [3.63, 3.8) is 0 Å². The molecular weight excluding hydrogens is 392 g/mol. The number of aromatic amines is 1. The van der Waals surface area contributed by atoms with Crippen molar-refractivity contribution in [3.05, 3.63) is 83.7 Å². The lowest BCUT2D eigenvalue weighted by atomic mass is 10.0. The Balaban J connectivity index is 1.40. The van der Waals surface area contributed by atoms with E-state index in [-0.39, 0.29) is 5.91 Å². The molecule has 5 nitrogen and oxygen atoms in total. The van der Waals surface area contributed by atoms with Crippen LogP contribution in [0.3, 0.4) is 0 Å². The number of rotatable bonds is 3. The van der Waals surface area contributed by atoms with E-state index < -0.39 is 0 Å². The number of carbonyl (C=O) groups excluding carboxylic acids is 1. The van der Waals surface area contributed by atoms with Crippen LogP contribution in [0.15, 0.2) is 71.7 Å². The van der Waals surface area contributed by atoms with Crippen molar-refractivity contribution in [1.29, 1.82) is 0 Å². The van der Waals surface area contributed by atoms with E-state index in [4.69, 9.17) is 0 Å². The van der Waals surface area contributed by atoms with E-state index in [1.165, 1.54) is 20.5 Å². The monoisotopic (exact) mass is 408 g/mol. The van der Waals surface area contributed by atoms with Crippen LogP contribution in [-0.4, -0.2) is 22.1 Å². The van der Waals surface area contributed by atoms with Crippen LogP contribution in [0.2, 0.25) is 0 Å². The lowest BCUT2D eigenvalue weighted by molar-refractivity contribution is 0.101. The van der Waals surface area contributed by atoms with Gasteiger partial charge < -0.3 is 10.3 Å². The third-order valence-corrected chi connectivity index (χ3v) is 6.47. The number of H-pyrrole nitrogens is 1. The molecule has 0 spiro atoms. The summed E-state index contributed by atoms with van der Waals surface area (Å²) in [7, 11) is 0. The lowest BCUT2D eigenvalue weighted by Gasteiger charge is -2.11. The average Bonchev–Trinajstić information content (AvgIpc) is 3.49. The van der Waals surface area contributed by atoms with E-state index in [0.717, 1.165) is 27.8 Å². The fraction of sp³-hybridized carbons (Fsp3) is 0.0417. The topological polar surface area (TPSA) is 70.1 Å². The number of amides is 1. The maximum absolute atomic E-state index is 12.8. The van der Waals surface area contributed by atoms with Crippen molar-refractivity contribution in [1.82, 2.24) is 9.97 Å². The third kappa shape index (κ3) is 2.81. The van der Waals surface area contributed by atoms with Gasteiger partial charge in [-0.3, -0.25) is 9.79 Å². The first-order valence-corrected chi connectivity index (χ1v) is 10.5. The zero-order valence-corrected chi connectivity index (χ0v) is 16.7. The van der Waals surface area contributed by atoms with E-state index in [0.29, 0.717) is 12.4 Å². The van der Waals surface area contributed by atoms with Gasteiger partial charge in [-0.1, -0.05) is 30.3 Å². The van der Waals surface area contributed by atoms with Gasteiger partial charge >= 0.3 is 0 Å². The fourth-order valence-corrected chi connectivity index (χ4v) is 4.98. The van der Waals surface area contributed by atoms with Crippen LogP contribution in [0.25, 0.3) is 31.6 Å². The second-order valence-electron chi connectivity index (χ2n) is 7.27. The summed E-state index contributed by atoms with van der Waals surface area (Å²) < 4.78 is 1.25. The summed E-state index contributed by atoms with van der Waals surface area (Å²) in [6, 6.07) is 22.2. The zero-order valence-electron chi connectivity index (χ0n) is 15.8. The van der Waals surface area contributed by atoms with Crippen molar-refractivity contribution in [2.45, 2.75) is 6.54 Å². The number of carbonyl (C=O) groups is 1. The predicted molar refractivity (Wildman–Crippen MR) is 123 cm³/mol. The molecule has 30 heavy (non-hydrogen) atoms. The largest absolute Gasteiger partial charge is 0.334 e. The van der Waals surface area contributed by atoms with Crippen LogP contribution in [-0.2, 0) is 6.54 Å². The molecule has 144 valence electrons. The number of aromatic nitrogens is 2. The molecule has 0 fully saturated rings. The molecule has 0 saturated carbocycles. The van der Waals surface area contributed by atoms with Crippen molar-refractivity contribution in [3.8, 4) is 10.4 Å². The Morgan fingerprint density at radius 3 is 2.80 bits per heavy atom. The van der Waals surface area contributed by atoms with Gasteiger partial charge in [0.05, 0.1) is 17.6 Å². The van der Waals surface area contributed by atoms with E-state index in [9.17, 15) is 4.79 Å². The maximum atomic E-state index is 12.8. The van der Waals surface area contributed by atoms with Crippen LogP contribution >= 0.6 is 11.3 Å². The number of anilines is 1. The van der Waals surface area contributed by atoms with Gasteiger partial charge in [0.25, 0.3) is 5.91 Å². The number of benzene rings is 3. The highest BCUT2D eigenvalue weighted by atomic mass is 32.1.